The van der Waals surface area contributed by atoms with E-state index in [4.69, 9.17) is 0 Å². The van der Waals surface area contributed by atoms with Crippen LogP contribution < -0.4 is 5.32 Å². The second-order valence-corrected chi connectivity index (χ2v) is 7.45. The lowest BCUT2D eigenvalue weighted by Gasteiger charge is -2.32. The first-order chi connectivity index (χ1) is 13.9. The maximum Gasteiger partial charge on any atom is 0.417 e. The van der Waals surface area contributed by atoms with Gasteiger partial charge in [-0.3, -0.25) is 9.97 Å². The van der Waals surface area contributed by atoms with Crippen molar-refractivity contribution in [3.05, 3.63) is 59.2 Å². The van der Waals surface area contributed by atoms with Crippen LogP contribution >= 0.6 is 0 Å². The van der Waals surface area contributed by atoms with Crippen LogP contribution in [0.15, 0.2) is 36.8 Å². The molecule has 154 valence electrons. The zero-order chi connectivity index (χ0) is 20.4. The smallest absolute Gasteiger partial charge is 0.323 e. The summed E-state index contributed by atoms with van der Waals surface area (Å²) in [6, 6.07) is 5.08. The number of halogens is 3. The molecule has 9 heteroatoms. The summed E-state index contributed by atoms with van der Waals surface area (Å²) in [4.78, 5) is 24.2. The van der Waals surface area contributed by atoms with Gasteiger partial charge in [0, 0.05) is 69.5 Å². The molecule has 1 fully saturated rings. The van der Waals surface area contributed by atoms with E-state index < -0.39 is 11.7 Å². The number of aromatic nitrogens is 2. The van der Waals surface area contributed by atoms with Gasteiger partial charge in [-0.05, 0) is 35.7 Å². The van der Waals surface area contributed by atoms with E-state index in [1.807, 2.05) is 12.1 Å². The van der Waals surface area contributed by atoms with Gasteiger partial charge in [0.1, 0.15) is 0 Å². The van der Waals surface area contributed by atoms with Gasteiger partial charge in [0.05, 0.1) is 5.56 Å². The highest BCUT2D eigenvalue weighted by molar-refractivity contribution is 5.75. The number of hydrogen-bond acceptors (Lipinski definition) is 4. The van der Waals surface area contributed by atoms with E-state index in [-0.39, 0.29) is 18.6 Å². The number of carbonyl (C=O) groups is 1. The third kappa shape index (κ3) is 4.50. The predicted molar refractivity (Wildman–Crippen MR) is 99.8 cm³/mol. The van der Waals surface area contributed by atoms with Gasteiger partial charge in [0.2, 0.25) is 0 Å². The molecule has 1 N–H and O–H groups in total. The fourth-order valence-electron chi connectivity index (χ4n) is 3.81. The van der Waals surface area contributed by atoms with Crippen LogP contribution in [0.4, 0.5) is 18.0 Å². The Morgan fingerprint density at radius 1 is 1.21 bits per heavy atom. The molecular weight excluding hydrogens is 383 g/mol. The van der Waals surface area contributed by atoms with Crippen molar-refractivity contribution in [3.8, 4) is 0 Å². The maximum absolute atomic E-state index is 13.0. The third-order valence-corrected chi connectivity index (χ3v) is 5.44. The number of nitrogens with one attached hydrogen (secondary N) is 1. The molecule has 2 amide bonds. The molecule has 2 aliphatic rings. The molecule has 0 bridgehead atoms. The van der Waals surface area contributed by atoms with Gasteiger partial charge in [-0.1, -0.05) is 0 Å². The van der Waals surface area contributed by atoms with Crippen LogP contribution in [0.2, 0.25) is 0 Å². The first-order valence-corrected chi connectivity index (χ1v) is 9.61. The lowest BCUT2D eigenvalue weighted by atomic mass is 10.0. The normalized spacial score (nSPS) is 19.3. The van der Waals surface area contributed by atoms with Crippen molar-refractivity contribution >= 4 is 6.03 Å². The summed E-state index contributed by atoms with van der Waals surface area (Å²) < 4.78 is 38.9. The van der Waals surface area contributed by atoms with Gasteiger partial charge < -0.3 is 15.1 Å². The van der Waals surface area contributed by atoms with Gasteiger partial charge >= 0.3 is 12.2 Å². The van der Waals surface area contributed by atoms with Crippen molar-refractivity contribution in [2.45, 2.75) is 38.1 Å². The number of pyridine rings is 2. The molecule has 1 unspecified atom stereocenters. The molecule has 0 spiro atoms. The number of amides is 2. The van der Waals surface area contributed by atoms with Crippen LogP contribution in [0.1, 0.15) is 28.8 Å². The van der Waals surface area contributed by atoms with Crippen LogP contribution in [0.25, 0.3) is 0 Å². The largest absolute Gasteiger partial charge is 0.417 e. The summed E-state index contributed by atoms with van der Waals surface area (Å²) in [5.41, 5.74) is 1.48. The first kappa shape index (κ1) is 19.6. The van der Waals surface area contributed by atoms with Crippen molar-refractivity contribution in [2.24, 2.45) is 0 Å². The standard InChI is InChI=1S/C20H22F3N5O/c21-20(22,23)16-9-15-12-27(8-4-18(15)26-11-16)19(29)28-7-3-17(13-28)25-10-14-1-5-24-6-2-14/h1-2,5-6,9,11,17,25H,3-4,7-8,10,12-13H2. The molecule has 0 radical (unpaired) electrons. The molecule has 1 saturated heterocycles. The predicted octanol–water partition coefficient (Wildman–Crippen LogP) is 2.84. The van der Waals surface area contributed by atoms with Crippen molar-refractivity contribution in [1.82, 2.24) is 25.1 Å². The highest BCUT2D eigenvalue weighted by Gasteiger charge is 2.34. The van der Waals surface area contributed by atoms with E-state index >= 15 is 0 Å². The minimum absolute atomic E-state index is 0.124. The minimum Gasteiger partial charge on any atom is -0.323 e. The summed E-state index contributed by atoms with van der Waals surface area (Å²) in [7, 11) is 0. The van der Waals surface area contributed by atoms with Crippen LogP contribution in [0.3, 0.4) is 0 Å². The van der Waals surface area contributed by atoms with E-state index in [1.54, 1.807) is 22.2 Å². The first-order valence-electron chi connectivity index (χ1n) is 9.61. The Morgan fingerprint density at radius 2 is 2.00 bits per heavy atom. The average molecular weight is 405 g/mol. The Morgan fingerprint density at radius 3 is 2.76 bits per heavy atom. The quantitative estimate of drug-likeness (QED) is 0.853. The second-order valence-electron chi connectivity index (χ2n) is 7.45. The number of fused-ring (bicyclic) bond motifs is 1. The monoisotopic (exact) mass is 405 g/mol. The summed E-state index contributed by atoms with van der Waals surface area (Å²) >= 11 is 0. The second kappa shape index (κ2) is 7.98. The molecule has 4 heterocycles. The molecule has 1 atom stereocenters. The van der Waals surface area contributed by atoms with E-state index in [0.717, 1.165) is 24.2 Å². The van der Waals surface area contributed by atoms with Gasteiger partial charge in [-0.2, -0.15) is 13.2 Å². The van der Waals surface area contributed by atoms with Gasteiger partial charge in [0.25, 0.3) is 0 Å². The fourth-order valence-corrected chi connectivity index (χ4v) is 3.81. The van der Waals surface area contributed by atoms with Gasteiger partial charge in [-0.15, -0.1) is 0 Å². The lowest BCUT2D eigenvalue weighted by Crippen LogP contribution is -2.45. The van der Waals surface area contributed by atoms with Crippen molar-refractivity contribution in [1.29, 1.82) is 0 Å². The summed E-state index contributed by atoms with van der Waals surface area (Å²) in [6.45, 7) is 2.57. The molecule has 0 saturated carbocycles. The Bertz CT molecular complexity index is 874. The Hall–Kier alpha value is -2.68. The molecule has 4 rings (SSSR count). The fraction of sp³-hybridized carbons (Fsp3) is 0.450. The molecule has 2 aromatic rings. The van der Waals surface area contributed by atoms with E-state index in [0.29, 0.717) is 43.9 Å². The minimum atomic E-state index is -4.43. The van der Waals surface area contributed by atoms with E-state index in [2.05, 4.69) is 15.3 Å². The topological polar surface area (TPSA) is 61.4 Å². The van der Waals surface area contributed by atoms with Crippen LogP contribution in [-0.2, 0) is 25.7 Å². The number of alkyl halides is 3. The zero-order valence-corrected chi connectivity index (χ0v) is 15.8. The zero-order valence-electron chi connectivity index (χ0n) is 15.8. The Labute approximate surface area is 166 Å². The van der Waals surface area contributed by atoms with E-state index in [9.17, 15) is 18.0 Å². The van der Waals surface area contributed by atoms with Crippen molar-refractivity contribution in [3.63, 3.8) is 0 Å². The van der Waals surface area contributed by atoms with Gasteiger partial charge in [0.15, 0.2) is 0 Å². The molecule has 0 aromatic carbocycles. The molecule has 0 aliphatic carbocycles. The maximum atomic E-state index is 13.0. The van der Waals surface area contributed by atoms with Crippen LogP contribution in [0.5, 0.6) is 0 Å². The van der Waals surface area contributed by atoms with Crippen LogP contribution in [0, 0.1) is 0 Å². The number of nitrogens with zero attached hydrogens (tertiary/aromatic N) is 4. The average Bonchev–Trinajstić information content (AvgIpc) is 3.20. The lowest BCUT2D eigenvalue weighted by molar-refractivity contribution is -0.137. The summed E-state index contributed by atoms with van der Waals surface area (Å²) in [6.07, 6.45) is 1.24. The van der Waals surface area contributed by atoms with Crippen molar-refractivity contribution in [2.75, 3.05) is 19.6 Å². The SMILES string of the molecule is O=C(N1CCc2ncc(C(F)(F)F)cc2C1)N1CCC(NCc2ccncc2)C1. The summed E-state index contributed by atoms with van der Waals surface area (Å²) in [5, 5.41) is 3.45. The molecule has 29 heavy (non-hydrogen) atoms. The number of hydrogen-bond donors (Lipinski definition) is 1. The van der Waals surface area contributed by atoms with Crippen LogP contribution in [-0.4, -0.2) is 51.5 Å². The summed E-state index contributed by atoms with van der Waals surface area (Å²) in [5.74, 6) is 0. The number of carbonyl (C=O) groups excluding carboxylic acids is 1. The highest BCUT2D eigenvalue weighted by atomic mass is 19.4. The number of urea groups is 1. The van der Waals surface area contributed by atoms with Gasteiger partial charge in [-0.25, -0.2) is 4.79 Å². The Kier molecular flexibility index (Phi) is 5.40. The molecule has 2 aromatic heterocycles. The Balaban J connectivity index is 1.35. The third-order valence-electron chi connectivity index (χ3n) is 5.44. The van der Waals surface area contributed by atoms with Crippen molar-refractivity contribution < 1.29 is 18.0 Å². The molecule has 6 nitrogen and oxygen atoms in total. The number of likely N-dealkylation sites (tertiary alicyclic amines) is 1. The van der Waals surface area contributed by atoms with E-state index in [1.165, 1.54) is 0 Å². The highest BCUT2D eigenvalue weighted by Crippen LogP contribution is 2.31. The molecular formula is C20H22F3N5O. The number of rotatable bonds is 3. The molecule has 2 aliphatic heterocycles.